The standard InChI is InChI=1S/C20H21N7O2/c1-13(2)18-22-19(29-24-18)17-12-27(25-23-17)16-7-9-26(10-8-16)20(28)15-5-3-14(11-21)4-6-15/h3-6,12-13,16H,7-10H2,1-2H3. The highest BCUT2D eigenvalue weighted by atomic mass is 16.5. The molecule has 0 aliphatic carbocycles. The minimum Gasteiger partial charge on any atom is -0.338 e. The van der Waals surface area contributed by atoms with Gasteiger partial charge in [0.15, 0.2) is 11.5 Å². The lowest BCUT2D eigenvalue weighted by Crippen LogP contribution is -2.39. The number of amides is 1. The molecular formula is C20H21N7O2. The summed E-state index contributed by atoms with van der Waals surface area (Å²) in [5.41, 5.74) is 1.70. The topological polar surface area (TPSA) is 114 Å². The molecule has 148 valence electrons. The van der Waals surface area contributed by atoms with Gasteiger partial charge < -0.3 is 9.42 Å². The molecule has 9 nitrogen and oxygen atoms in total. The number of rotatable bonds is 4. The van der Waals surface area contributed by atoms with E-state index < -0.39 is 0 Å². The van der Waals surface area contributed by atoms with Crippen molar-refractivity contribution in [3.8, 4) is 17.7 Å². The van der Waals surface area contributed by atoms with Crippen molar-refractivity contribution in [2.75, 3.05) is 13.1 Å². The fourth-order valence-corrected chi connectivity index (χ4v) is 3.33. The molecule has 29 heavy (non-hydrogen) atoms. The van der Waals surface area contributed by atoms with Gasteiger partial charge in [-0.25, -0.2) is 4.68 Å². The Morgan fingerprint density at radius 2 is 1.97 bits per heavy atom. The SMILES string of the molecule is CC(C)c1noc(-c2cn(C3CCN(C(=O)c4ccc(C#N)cc4)CC3)nn2)n1. The Hall–Kier alpha value is -3.54. The minimum atomic E-state index is -0.0145. The van der Waals surface area contributed by atoms with Crippen molar-refractivity contribution in [2.45, 2.75) is 38.6 Å². The van der Waals surface area contributed by atoms with Gasteiger partial charge in [0.05, 0.1) is 23.9 Å². The Morgan fingerprint density at radius 3 is 2.59 bits per heavy atom. The Balaban J connectivity index is 1.38. The average molecular weight is 391 g/mol. The number of hydrogen-bond acceptors (Lipinski definition) is 7. The average Bonchev–Trinajstić information content (AvgIpc) is 3.43. The first-order valence-electron chi connectivity index (χ1n) is 9.60. The van der Waals surface area contributed by atoms with Crippen LogP contribution in [0, 0.1) is 11.3 Å². The lowest BCUT2D eigenvalue weighted by molar-refractivity contribution is 0.0689. The first-order valence-corrected chi connectivity index (χ1v) is 9.60. The molecule has 1 fully saturated rings. The van der Waals surface area contributed by atoms with Crippen LogP contribution in [0.2, 0.25) is 0 Å². The molecule has 2 aromatic heterocycles. The van der Waals surface area contributed by atoms with Gasteiger partial charge in [0.25, 0.3) is 11.8 Å². The summed E-state index contributed by atoms with van der Waals surface area (Å²) in [4.78, 5) is 18.9. The Morgan fingerprint density at radius 1 is 1.24 bits per heavy atom. The van der Waals surface area contributed by atoms with E-state index in [2.05, 4.69) is 26.5 Å². The smallest absolute Gasteiger partial charge is 0.280 e. The number of piperidine rings is 1. The number of aromatic nitrogens is 5. The fraction of sp³-hybridized carbons (Fsp3) is 0.400. The van der Waals surface area contributed by atoms with Crippen LogP contribution in [0.5, 0.6) is 0 Å². The molecule has 4 rings (SSSR count). The second-order valence-corrected chi connectivity index (χ2v) is 7.41. The maximum Gasteiger partial charge on any atom is 0.280 e. The van der Waals surface area contributed by atoms with Gasteiger partial charge in [-0.3, -0.25) is 4.79 Å². The monoisotopic (exact) mass is 391 g/mol. The van der Waals surface area contributed by atoms with Crippen LogP contribution in [0.1, 0.15) is 60.4 Å². The van der Waals surface area contributed by atoms with Gasteiger partial charge in [-0.2, -0.15) is 10.2 Å². The number of carbonyl (C=O) groups is 1. The Kier molecular flexibility index (Phi) is 5.08. The lowest BCUT2D eigenvalue weighted by Gasteiger charge is -2.31. The predicted molar refractivity (Wildman–Crippen MR) is 103 cm³/mol. The van der Waals surface area contributed by atoms with Crippen LogP contribution >= 0.6 is 0 Å². The van der Waals surface area contributed by atoms with Gasteiger partial charge in [-0.1, -0.05) is 24.2 Å². The molecule has 0 N–H and O–H groups in total. The summed E-state index contributed by atoms with van der Waals surface area (Å²) >= 11 is 0. The van der Waals surface area contributed by atoms with Gasteiger partial charge in [-0.05, 0) is 37.1 Å². The van der Waals surface area contributed by atoms with Crippen molar-refractivity contribution in [2.24, 2.45) is 0 Å². The first-order chi connectivity index (χ1) is 14.0. The van der Waals surface area contributed by atoms with Crippen LogP contribution in [0.15, 0.2) is 35.0 Å². The minimum absolute atomic E-state index is 0.0145. The summed E-state index contributed by atoms with van der Waals surface area (Å²) in [6.45, 7) is 5.27. The highest BCUT2D eigenvalue weighted by molar-refractivity contribution is 5.94. The van der Waals surface area contributed by atoms with E-state index in [1.807, 2.05) is 29.6 Å². The van der Waals surface area contributed by atoms with Crippen molar-refractivity contribution in [1.82, 2.24) is 30.0 Å². The Bertz CT molecular complexity index is 1040. The summed E-state index contributed by atoms with van der Waals surface area (Å²) in [5, 5.41) is 21.2. The van der Waals surface area contributed by atoms with Crippen molar-refractivity contribution in [1.29, 1.82) is 5.26 Å². The second kappa shape index (κ2) is 7.83. The van der Waals surface area contributed by atoms with Gasteiger partial charge in [0.2, 0.25) is 0 Å². The maximum atomic E-state index is 12.7. The molecule has 1 saturated heterocycles. The number of hydrogen-bond donors (Lipinski definition) is 0. The summed E-state index contributed by atoms with van der Waals surface area (Å²) in [6, 6.07) is 8.96. The molecular weight excluding hydrogens is 370 g/mol. The third kappa shape index (κ3) is 3.87. The van der Waals surface area contributed by atoms with Crippen LogP contribution in [0.25, 0.3) is 11.6 Å². The molecule has 1 aromatic carbocycles. The van der Waals surface area contributed by atoms with Crippen LogP contribution < -0.4 is 0 Å². The van der Waals surface area contributed by atoms with Crippen molar-refractivity contribution >= 4 is 5.91 Å². The lowest BCUT2D eigenvalue weighted by atomic mass is 10.0. The van der Waals surface area contributed by atoms with Gasteiger partial charge in [0, 0.05) is 24.6 Å². The molecule has 0 radical (unpaired) electrons. The number of nitriles is 1. The summed E-state index contributed by atoms with van der Waals surface area (Å²) in [7, 11) is 0. The third-order valence-corrected chi connectivity index (χ3v) is 5.07. The highest BCUT2D eigenvalue weighted by Gasteiger charge is 2.26. The van der Waals surface area contributed by atoms with Crippen LogP contribution in [-0.2, 0) is 0 Å². The summed E-state index contributed by atoms with van der Waals surface area (Å²) in [5.74, 6) is 1.18. The van der Waals surface area contributed by atoms with Gasteiger partial charge in [0.1, 0.15) is 0 Å². The second-order valence-electron chi connectivity index (χ2n) is 7.41. The zero-order valence-corrected chi connectivity index (χ0v) is 16.3. The molecule has 0 spiro atoms. The third-order valence-electron chi connectivity index (χ3n) is 5.07. The van der Waals surface area contributed by atoms with E-state index in [1.54, 1.807) is 24.3 Å². The molecule has 0 unspecified atom stereocenters. The predicted octanol–water partition coefficient (Wildman–Crippen LogP) is 2.80. The van der Waals surface area contributed by atoms with E-state index in [0.717, 1.165) is 12.8 Å². The molecule has 9 heteroatoms. The van der Waals surface area contributed by atoms with E-state index in [0.29, 0.717) is 41.6 Å². The largest absolute Gasteiger partial charge is 0.338 e. The van der Waals surface area contributed by atoms with E-state index in [1.165, 1.54) is 0 Å². The number of carbonyl (C=O) groups excluding carboxylic acids is 1. The van der Waals surface area contributed by atoms with Crippen LogP contribution in [0.3, 0.4) is 0 Å². The van der Waals surface area contributed by atoms with Crippen LogP contribution in [-0.4, -0.2) is 49.0 Å². The van der Waals surface area contributed by atoms with Crippen molar-refractivity contribution in [3.63, 3.8) is 0 Å². The van der Waals surface area contributed by atoms with E-state index in [-0.39, 0.29) is 17.9 Å². The van der Waals surface area contributed by atoms with Gasteiger partial charge in [-0.15, -0.1) is 5.10 Å². The summed E-state index contributed by atoms with van der Waals surface area (Å²) < 4.78 is 7.09. The molecule has 1 aliphatic rings. The molecule has 3 heterocycles. The first kappa shape index (κ1) is 18.8. The number of likely N-dealkylation sites (tertiary alicyclic amines) is 1. The van der Waals surface area contributed by atoms with E-state index in [9.17, 15) is 4.79 Å². The van der Waals surface area contributed by atoms with Crippen LogP contribution in [0.4, 0.5) is 0 Å². The highest BCUT2D eigenvalue weighted by Crippen LogP contribution is 2.25. The zero-order chi connectivity index (χ0) is 20.4. The van der Waals surface area contributed by atoms with Gasteiger partial charge >= 0.3 is 0 Å². The normalized spacial score (nSPS) is 14.9. The molecule has 1 aliphatic heterocycles. The summed E-state index contributed by atoms with van der Waals surface area (Å²) in [6.07, 6.45) is 3.39. The number of benzene rings is 1. The molecule has 1 amide bonds. The van der Waals surface area contributed by atoms with E-state index >= 15 is 0 Å². The molecule has 3 aromatic rings. The molecule has 0 bridgehead atoms. The van der Waals surface area contributed by atoms with E-state index in [4.69, 9.17) is 9.78 Å². The zero-order valence-electron chi connectivity index (χ0n) is 16.3. The molecule has 0 atom stereocenters. The van der Waals surface area contributed by atoms with Crippen molar-refractivity contribution in [3.05, 3.63) is 47.4 Å². The maximum absolute atomic E-state index is 12.7. The quantitative estimate of drug-likeness (QED) is 0.672. The Labute approximate surface area is 167 Å². The van der Waals surface area contributed by atoms with Crippen molar-refractivity contribution < 1.29 is 9.32 Å². The fourth-order valence-electron chi connectivity index (χ4n) is 3.33. The molecule has 0 saturated carbocycles. The number of nitrogens with zero attached hydrogens (tertiary/aromatic N) is 7.